The van der Waals surface area contributed by atoms with Gasteiger partial charge in [-0.1, -0.05) is 13.8 Å². The third kappa shape index (κ3) is 2.34. The standard InChI is InChI=1S/C13H16N2O3/c1-8(2)6-7-15-11-10(5-4-9(3)14-11)12(16)18-13(15)17/h4-5,8H,6-7H2,1-3H3. The third-order valence-electron chi connectivity index (χ3n) is 2.82. The number of hydrogen-bond donors (Lipinski definition) is 0. The third-order valence-corrected chi connectivity index (χ3v) is 2.82. The van der Waals surface area contributed by atoms with E-state index in [2.05, 4.69) is 18.8 Å². The lowest BCUT2D eigenvalue weighted by molar-refractivity contribution is 0.398. The number of fused-ring (bicyclic) bond motifs is 1. The van der Waals surface area contributed by atoms with Crippen LogP contribution in [0.1, 0.15) is 26.0 Å². The normalized spacial score (nSPS) is 11.3. The molecule has 0 saturated heterocycles. The zero-order chi connectivity index (χ0) is 13.3. The highest BCUT2D eigenvalue weighted by molar-refractivity contribution is 5.73. The van der Waals surface area contributed by atoms with Crippen molar-refractivity contribution in [2.24, 2.45) is 5.92 Å². The van der Waals surface area contributed by atoms with E-state index in [4.69, 9.17) is 4.42 Å². The molecule has 2 rings (SSSR count). The van der Waals surface area contributed by atoms with Gasteiger partial charge in [-0.2, -0.15) is 0 Å². The Morgan fingerprint density at radius 1 is 1.33 bits per heavy atom. The minimum Gasteiger partial charge on any atom is -0.372 e. The first kappa shape index (κ1) is 12.5. The van der Waals surface area contributed by atoms with Crippen LogP contribution in [0.3, 0.4) is 0 Å². The van der Waals surface area contributed by atoms with E-state index in [1.807, 2.05) is 6.92 Å². The Morgan fingerprint density at radius 3 is 2.72 bits per heavy atom. The highest BCUT2D eigenvalue weighted by Gasteiger charge is 2.11. The Balaban J connectivity index is 2.67. The van der Waals surface area contributed by atoms with Gasteiger partial charge in [0.25, 0.3) is 0 Å². The molecule has 0 spiro atoms. The molecule has 2 aromatic heterocycles. The number of aryl methyl sites for hydroxylation is 2. The number of hydrogen-bond acceptors (Lipinski definition) is 4. The van der Waals surface area contributed by atoms with Gasteiger partial charge in [-0.3, -0.25) is 4.57 Å². The van der Waals surface area contributed by atoms with Crippen molar-refractivity contribution in [3.8, 4) is 0 Å². The first-order valence-electron chi connectivity index (χ1n) is 6.00. The molecule has 0 aliphatic rings. The Kier molecular flexibility index (Phi) is 3.32. The van der Waals surface area contributed by atoms with Gasteiger partial charge in [0.1, 0.15) is 5.39 Å². The summed E-state index contributed by atoms with van der Waals surface area (Å²) in [4.78, 5) is 27.6. The number of nitrogens with zero attached hydrogens (tertiary/aromatic N) is 2. The molecule has 2 aromatic rings. The maximum Gasteiger partial charge on any atom is 0.423 e. The van der Waals surface area contributed by atoms with Crippen LogP contribution in [0.4, 0.5) is 0 Å². The second-order valence-electron chi connectivity index (χ2n) is 4.81. The van der Waals surface area contributed by atoms with Gasteiger partial charge in [-0.05, 0) is 31.4 Å². The average Bonchev–Trinajstić information content (AvgIpc) is 2.27. The minimum atomic E-state index is -0.633. The SMILES string of the molecule is Cc1ccc2c(=O)oc(=O)n(CCC(C)C)c2n1. The van der Waals surface area contributed by atoms with Crippen molar-refractivity contribution >= 4 is 11.0 Å². The second-order valence-corrected chi connectivity index (χ2v) is 4.81. The highest BCUT2D eigenvalue weighted by atomic mass is 16.4. The van der Waals surface area contributed by atoms with Crippen molar-refractivity contribution in [2.45, 2.75) is 33.7 Å². The van der Waals surface area contributed by atoms with Crippen molar-refractivity contribution in [1.29, 1.82) is 0 Å². The molecule has 5 heteroatoms. The number of rotatable bonds is 3. The van der Waals surface area contributed by atoms with Crippen molar-refractivity contribution in [3.63, 3.8) is 0 Å². The molecule has 0 bridgehead atoms. The number of pyridine rings is 1. The van der Waals surface area contributed by atoms with E-state index in [0.29, 0.717) is 23.5 Å². The predicted molar refractivity (Wildman–Crippen MR) is 68.7 cm³/mol. The smallest absolute Gasteiger partial charge is 0.372 e. The van der Waals surface area contributed by atoms with Gasteiger partial charge in [0.15, 0.2) is 5.65 Å². The fourth-order valence-corrected chi connectivity index (χ4v) is 1.77. The Bertz CT molecular complexity index is 683. The molecule has 0 amide bonds. The predicted octanol–water partition coefficient (Wildman–Crippen LogP) is 1.70. The molecule has 0 saturated carbocycles. The maximum atomic E-state index is 11.7. The van der Waals surface area contributed by atoms with Gasteiger partial charge in [0, 0.05) is 12.2 Å². The lowest BCUT2D eigenvalue weighted by Crippen LogP contribution is -2.26. The van der Waals surface area contributed by atoms with Crippen LogP contribution in [0.2, 0.25) is 0 Å². The largest absolute Gasteiger partial charge is 0.423 e. The maximum absolute atomic E-state index is 11.7. The first-order chi connectivity index (χ1) is 8.49. The Morgan fingerprint density at radius 2 is 2.06 bits per heavy atom. The molecule has 0 N–H and O–H groups in total. The van der Waals surface area contributed by atoms with Crippen LogP contribution in [0.25, 0.3) is 11.0 Å². The van der Waals surface area contributed by atoms with E-state index in [0.717, 1.165) is 12.1 Å². The summed E-state index contributed by atoms with van der Waals surface area (Å²) in [5, 5.41) is 0.351. The van der Waals surface area contributed by atoms with E-state index in [1.54, 1.807) is 12.1 Å². The monoisotopic (exact) mass is 248 g/mol. The summed E-state index contributed by atoms with van der Waals surface area (Å²) in [7, 11) is 0. The molecule has 0 fully saturated rings. The highest BCUT2D eigenvalue weighted by Crippen LogP contribution is 2.09. The van der Waals surface area contributed by atoms with Crippen LogP contribution in [-0.4, -0.2) is 9.55 Å². The Labute approximate surface area is 104 Å². The summed E-state index contributed by atoms with van der Waals surface area (Å²) in [5.74, 6) is -0.171. The van der Waals surface area contributed by atoms with Crippen molar-refractivity contribution < 1.29 is 4.42 Å². The zero-order valence-corrected chi connectivity index (χ0v) is 10.8. The van der Waals surface area contributed by atoms with Gasteiger partial charge in [-0.15, -0.1) is 0 Å². The van der Waals surface area contributed by atoms with Crippen molar-refractivity contribution in [1.82, 2.24) is 9.55 Å². The lowest BCUT2D eigenvalue weighted by Gasteiger charge is -2.09. The average molecular weight is 248 g/mol. The van der Waals surface area contributed by atoms with Crippen LogP contribution >= 0.6 is 0 Å². The quantitative estimate of drug-likeness (QED) is 0.829. The van der Waals surface area contributed by atoms with Crippen LogP contribution < -0.4 is 11.4 Å². The van der Waals surface area contributed by atoms with Gasteiger partial charge in [0.05, 0.1) is 0 Å². The fraction of sp³-hybridized carbons (Fsp3) is 0.462. The van der Waals surface area contributed by atoms with Crippen molar-refractivity contribution in [2.75, 3.05) is 0 Å². The molecular weight excluding hydrogens is 232 g/mol. The van der Waals surface area contributed by atoms with E-state index in [-0.39, 0.29) is 0 Å². The van der Waals surface area contributed by atoms with E-state index < -0.39 is 11.4 Å². The fourth-order valence-electron chi connectivity index (χ4n) is 1.77. The summed E-state index contributed by atoms with van der Waals surface area (Å²) in [6.45, 7) is 6.48. The topological polar surface area (TPSA) is 65.1 Å². The molecule has 2 heterocycles. The summed E-state index contributed by atoms with van der Waals surface area (Å²) >= 11 is 0. The summed E-state index contributed by atoms with van der Waals surface area (Å²) in [6, 6.07) is 3.38. The summed E-state index contributed by atoms with van der Waals surface area (Å²) in [5.41, 5.74) is 0.561. The summed E-state index contributed by atoms with van der Waals surface area (Å²) in [6.07, 6.45) is 0.832. The molecule has 0 aliphatic carbocycles. The minimum absolute atomic E-state index is 0.351. The molecular formula is C13H16N2O3. The van der Waals surface area contributed by atoms with Crippen LogP contribution in [0, 0.1) is 12.8 Å². The van der Waals surface area contributed by atoms with Gasteiger partial charge in [0.2, 0.25) is 0 Å². The van der Waals surface area contributed by atoms with Crippen LogP contribution in [-0.2, 0) is 6.54 Å². The molecule has 0 aliphatic heterocycles. The van der Waals surface area contributed by atoms with E-state index in [1.165, 1.54) is 4.57 Å². The zero-order valence-electron chi connectivity index (χ0n) is 10.8. The lowest BCUT2D eigenvalue weighted by atomic mass is 10.1. The molecule has 0 aromatic carbocycles. The van der Waals surface area contributed by atoms with Crippen LogP contribution in [0.5, 0.6) is 0 Å². The van der Waals surface area contributed by atoms with E-state index >= 15 is 0 Å². The summed E-state index contributed by atoms with van der Waals surface area (Å²) < 4.78 is 6.14. The van der Waals surface area contributed by atoms with Gasteiger partial charge in [-0.25, -0.2) is 14.6 Å². The molecule has 0 unspecified atom stereocenters. The number of aromatic nitrogens is 2. The van der Waals surface area contributed by atoms with E-state index in [9.17, 15) is 9.59 Å². The molecule has 18 heavy (non-hydrogen) atoms. The van der Waals surface area contributed by atoms with Crippen molar-refractivity contribution in [3.05, 3.63) is 38.8 Å². The van der Waals surface area contributed by atoms with Crippen LogP contribution in [0.15, 0.2) is 26.1 Å². The molecule has 5 nitrogen and oxygen atoms in total. The Hall–Kier alpha value is -1.91. The molecule has 0 atom stereocenters. The molecule has 96 valence electrons. The van der Waals surface area contributed by atoms with Gasteiger partial charge >= 0.3 is 11.4 Å². The first-order valence-corrected chi connectivity index (χ1v) is 6.00. The van der Waals surface area contributed by atoms with Gasteiger partial charge < -0.3 is 4.42 Å². The second kappa shape index (κ2) is 4.76. The molecule has 0 radical (unpaired) electrons.